The Bertz CT molecular complexity index is 1020. The van der Waals surface area contributed by atoms with Crippen molar-refractivity contribution >= 4 is 23.1 Å². The first-order valence-electron chi connectivity index (χ1n) is 9.47. The summed E-state index contributed by atoms with van der Waals surface area (Å²) in [6.07, 6.45) is -4.58. The number of anilines is 1. The van der Waals surface area contributed by atoms with Crippen LogP contribution in [0.15, 0.2) is 54.2 Å². The molecule has 0 aromatic heterocycles. The molecule has 156 valence electrons. The maximum atomic E-state index is 13.3. The minimum Gasteiger partial charge on any atom is -0.378 e. The second-order valence-electron chi connectivity index (χ2n) is 7.18. The van der Waals surface area contributed by atoms with Gasteiger partial charge in [-0.25, -0.2) is 4.90 Å². The van der Waals surface area contributed by atoms with Crippen LogP contribution in [0, 0.1) is 6.92 Å². The Balaban J connectivity index is 1.81. The molecule has 0 N–H and O–H groups in total. The Morgan fingerprint density at radius 3 is 2.23 bits per heavy atom. The summed E-state index contributed by atoms with van der Waals surface area (Å²) in [5.74, 6) is -1.26. The van der Waals surface area contributed by atoms with Crippen molar-refractivity contribution < 1.29 is 27.5 Å². The number of hydrogen-bond acceptors (Lipinski definition) is 4. The number of benzene rings is 2. The van der Waals surface area contributed by atoms with Gasteiger partial charge in [-0.2, -0.15) is 13.2 Å². The molecule has 0 spiro atoms. The molecule has 2 aromatic rings. The van der Waals surface area contributed by atoms with Crippen molar-refractivity contribution in [3.05, 3.63) is 70.9 Å². The third-order valence-corrected chi connectivity index (χ3v) is 5.16. The van der Waals surface area contributed by atoms with Gasteiger partial charge in [-0.15, -0.1) is 0 Å². The number of hydrogen-bond donors (Lipinski definition) is 0. The second kappa shape index (κ2) is 7.60. The quantitative estimate of drug-likeness (QED) is 0.717. The van der Waals surface area contributed by atoms with Crippen molar-refractivity contribution in [1.29, 1.82) is 0 Å². The summed E-state index contributed by atoms with van der Waals surface area (Å²) in [5, 5.41) is 0. The molecule has 1 saturated heterocycles. The number of ether oxygens (including phenoxy) is 1. The van der Waals surface area contributed by atoms with E-state index in [-0.39, 0.29) is 17.0 Å². The van der Waals surface area contributed by atoms with Crippen molar-refractivity contribution in [1.82, 2.24) is 4.90 Å². The summed E-state index contributed by atoms with van der Waals surface area (Å²) in [6, 6.07) is 11.4. The lowest BCUT2D eigenvalue weighted by atomic mass is 10.0. The largest absolute Gasteiger partial charge is 0.416 e. The van der Waals surface area contributed by atoms with E-state index in [0.717, 1.165) is 22.6 Å². The van der Waals surface area contributed by atoms with Gasteiger partial charge in [-0.1, -0.05) is 35.9 Å². The van der Waals surface area contributed by atoms with Gasteiger partial charge in [0.25, 0.3) is 11.8 Å². The molecule has 2 amide bonds. The Morgan fingerprint density at radius 2 is 1.60 bits per heavy atom. The summed E-state index contributed by atoms with van der Waals surface area (Å²) in [6.45, 7) is 3.53. The molecule has 2 heterocycles. The van der Waals surface area contributed by atoms with Gasteiger partial charge in [0.15, 0.2) is 0 Å². The first kappa shape index (κ1) is 20.2. The van der Waals surface area contributed by atoms with Gasteiger partial charge >= 0.3 is 6.18 Å². The minimum atomic E-state index is -4.58. The van der Waals surface area contributed by atoms with Gasteiger partial charge < -0.3 is 9.64 Å². The SMILES string of the molecule is Cc1ccc(C2=C(N3CCOCC3)C(=O)N(c3cccc(C(F)(F)F)c3)C2=O)cc1. The molecule has 5 nitrogen and oxygen atoms in total. The van der Waals surface area contributed by atoms with Crippen LogP contribution >= 0.6 is 0 Å². The highest BCUT2D eigenvalue weighted by Gasteiger charge is 2.43. The molecule has 0 bridgehead atoms. The van der Waals surface area contributed by atoms with Crippen LogP contribution in [0.5, 0.6) is 0 Å². The molecular formula is C22H19F3N2O3. The van der Waals surface area contributed by atoms with Crippen LogP contribution in [0.25, 0.3) is 5.57 Å². The zero-order valence-electron chi connectivity index (χ0n) is 16.2. The van der Waals surface area contributed by atoms with Crippen LogP contribution in [-0.2, 0) is 20.5 Å². The first-order valence-corrected chi connectivity index (χ1v) is 9.47. The predicted molar refractivity (Wildman–Crippen MR) is 104 cm³/mol. The molecule has 0 saturated carbocycles. The van der Waals surface area contributed by atoms with E-state index in [1.54, 1.807) is 17.0 Å². The number of amides is 2. The average Bonchev–Trinajstić information content (AvgIpc) is 2.99. The molecule has 1 fully saturated rings. The van der Waals surface area contributed by atoms with Gasteiger partial charge in [0.2, 0.25) is 0 Å². The maximum absolute atomic E-state index is 13.3. The highest BCUT2D eigenvalue weighted by Crippen LogP contribution is 2.37. The van der Waals surface area contributed by atoms with E-state index in [1.807, 2.05) is 19.1 Å². The number of rotatable bonds is 3. The van der Waals surface area contributed by atoms with Gasteiger partial charge in [-0.3, -0.25) is 9.59 Å². The van der Waals surface area contributed by atoms with E-state index in [0.29, 0.717) is 31.9 Å². The highest BCUT2D eigenvalue weighted by atomic mass is 19.4. The molecular weight excluding hydrogens is 397 g/mol. The zero-order chi connectivity index (χ0) is 21.5. The summed E-state index contributed by atoms with van der Waals surface area (Å²) in [5.41, 5.74) is 0.905. The third kappa shape index (κ3) is 3.59. The standard InChI is InChI=1S/C22H19F3N2O3/c1-14-5-7-15(8-6-14)18-19(26-9-11-30-12-10-26)21(29)27(20(18)28)17-4-2-3-16(13-17)22(23,24)25/h2-8,13H,9-12H2,1H3. The van der Waals surface area contributed by atoms with Crippen molar-refractivity contribution in [2.45, 2.75) is 13.1 Å². The van der Waals surface area contributed by atoms with Gasteiger partial charge in [-0.05, 0) is 30.7 Å². The summed E-state index contributed by atoms with van der Waals surface area (Å²) in [4.78, 5) is 29.2. The Hall–Kier alpha value is -3.13. The number of imide groups is 1. The van der Waals surface area contributed by atoms with Crippen LogP contribution in [0.4, 0.5) is 18.9 Å². The fourth-order valence-corrected chi connectivity index (χ4v) is 3.63. The molecule has 30 heavy (non-hydrogen) atoms. The topological polar surface area (TPSA) is 49.9 Å². The number of morpholine rings is 1. The van der Waals surface area contributed by atoms with Crippen LogP contribution in [0.2, 0.25) is 0 Å². The van der Waals surface area contributed by atoms with E-state index in [4.69, 9.17) is 4.74 Å². The predicted octanol–water partition coefficient (Wildman–Crippen LogP) is 3.63. The molecule has 0 radical (unpaired) electrons. The Morgan fingerprint density at radius 1 is 0.933 bits per heavy atom. The Labute approximate surface area is 171 Å². The van der Waals surface area contributed by atoms with E-state index in [1.165, 1.54) is 12.1 Å². The lowest BCUT2D eigenvalue weighted by molar-refractivity contribution is -0.137. The number of nitrogens with zero attached hydrogens (tertiary/aromatic N) is 2. The van der Waals surface area contributed by atoms with Crippen LogP contribution < -0.4 is 4.90 Å². The number of halogens is 3. The maximum Gasteiger partial charge on any atom is 0.416 e. The van der Waals surface area contributed by atoms with Crippen LogP contribution in [0.1, 0.15) is 16.7 Å². The van der Waals surface area contributed by atoms with Gasteiger partial charge in [0, 0.05) is 13.1 Å². The van der Waals surface area contributed by atoms with Crippen molar-refractivity contribution in [2.75, 3.05) is 31.2 Å². The fraction of sp³-hybridized carbons (Fsp3) is 0.273. The molecule has 4 rings (SSSR count). The van der Waals surface area contributed by atoms with E-state index in [9.17, 15) is 22.8 Å². The number of alkyl halides is 3. The smallest absolute Gasteiger partial charge is 0.378 e. The summed E-state index contributed by atoms with van der Waals surface area (Å²) in [7, 11) is 0. The first-order chi connectivity index (χ1) is 14.3. The lowest BCUT2D eigenvalue weighted by Crippen LogP contribution is -2.40. The molecule has 0 aliphatic carbocycles. The molecule has 0 unspecified atom stereocenters. The van der Waals surface area contributed by atoms with E-state index >= 15 is 0 Å². The van der Waals surface area contributed by atoms with Crippen molar-refractivity contribution in [3.63, 3.8) is 0 Å². The summed E-state index contributed by atoms with van der Waals surface area (Å²) >= 11 is 0. The minimum absolute atomic E-state index is 0.104. The van der Waals surface area contributed by atoms with Crippen molar-refractivity contribution in [2.24, 2.45) is 0 Å². The summed E-state index contributed by atoms with van der Waals surface area (Å²) < 4.78 is 44.9. The van der Waals surface area contributed by atoms with E-state index < -0.39 is 23.6 Å². The highest BCUT2D eigenvalue weighted by molar-refractivity contribution is 6.45. The van der Waals surface area contributed by atoms with Gasteiger partial charge in [0.05, 0.1) is 30.0 Å². The van der Waals surface area contributed by atoms with Gasteiger partial charge in [0.1, 0.15) is 5.70 Å². The number of aryl methyl sites for hydroxylation is 1. The normalized spacial score (nSPS) is 17.9. The average molecular weight is 416 g/mol. The lowest BCUT2D eigenvalue weighted by Gasteiger charge is -2.29. The molecule has 2 aliphatic rings. The van der Waals surface area contributed by atoms with Crippen molar-refractivity contribution in [3.8, 4) is 0 Å². The Kier molecular flexibility index (Phi) is 5.11. The second-order valence-corrected chi connectivity index (χ2v) is 7.18. The molecule has 0 atom stereocenters. The number of carbonyl (C=O) groups excluding carboxylic acids is 2. The van der Waals surface area contributed by atoms with E-state index in [2.05, 4.69) is 0 Å². The fourth-order valence-electron chi connectivity index (χ4n) is 3.63. The molecule has 2 aromatic carbocycles. The molecule has 2 aliphatic heterocycles. The molecule has 8 heteroatoms. The van der Waals surface area contributed by atoms with Crippen LogP contribution in [0.3, 0.4) is 0 Å². The number of carbonyl (C=O) groups is 2. The third-order valence-electron chi connectivity index (χ3n) is 5.16. The zero-order valence-corrected chi connectivity index (χ0v) is 16.2. The van der Waals surface area contributed by atoms with Crippen LogP contribution in [-0.4, -0.2) is 43.0 Å². The monoisotopic (exact) mass is 416 g/mol.